The lowest BCUT2D eigenvalue weighted by atomic mass is 10.3. The zero-order valence-corrected chi connectivity index (χ0v) is 19.0. The van der Waals surface area contributed by atoms with Gasteiger partial charge in [0.15, 0.2) is 5.96 Å². The quantitative estimate of drug-likeness (QED) is 0.383. The van der Waals surface area contributed by atoms with Crippen molar-refractivity contribution >= 4 is 34.6 Å². The first-order valence-corrected chi connectivity index (χ1v) is 11.1. The van der Waals surface area contributed by atoms with Crippen molar-refractivity contribution in [2.24, 2.45) is 4.99 Å². The molecule has 28 heavy (non-hydrogen) atoms. The van der Waals surface area contributed by atoms with Gasteiger partial charge in [-0.2, -0.15) is 0 Å². The zero-order chi connectivity index (χ0) is 20.7. The van der Waals surface area contributed by atoms with Crippen LogP contribution in [0.4, 0.5) is 0 Å². The summed E-state index contributed by atoms with van der Waals surface area (Å²) >= 11 is 3.09. The number of aliphatic imine (C=N–C) groups is 1. The smallest absolute Gasteiger partial charge is 0.350 e. The molecule has 2 rings (SSSR count). The number of aromatic nitrogens is 2. The second-order valence-corrected chi connectivity index (χ2v) is 8.62. The molecule has 0 aliphatic rings. The number of ether oxygens (including phenoxy) is 1. The van der Waals surface area contributed by atoms with Gasteiger partial charge in [-0.1, -0.05) is 0 Å². The minimum Gasteiger partial charge on any atom is -0.462 e. The molecule has 0 amide bonds. The van der Waals surface area contributed by atoms with Crippen molar-refractivity contribution in [3.63, 3.8) is 0 Å². The average molecular weight is 424 g/mol. The third-order valence-corrected chi connectivity index (χ3v) is 6.40. The lowest BCUT2D eigenvalue weighted by Gasteiger charge is -2.16. The molecule has 9 heteroatoms. The van der Waals surface area contributed by atoms with E-state index in [0.29, 0.717) is 23.7 Å². The molecule has 0 fully saturated rings. The average Bonchev–Trinajstić information content (AvgIpc) is 3.17. The molecule has 0 saturated carbocycles. The normalized spacial score (nSPS) is 12.7. The fourth-order valence-corrected chi connectivity index (χ4v) is 4.54. The molecule has 7 nitrogen and oxygen atoms in total. The number of nitrogens with zero attached hydrogens (tertiary/aromatic N) is 3. The first-order valence-electron chi connectivity index (χ1n) is 9.47. The predicted octanol–water partition coefficient (Wildman–Crippen LogP) is 3.56. The number of hydrogen-bond donors (Lipinski definition) is 2. The summed E-state index contributed by atoms with van der Waals surface area (Å²) in [6.07, 6.45) is 0.867. The largest absolute Gasteiger partial charge is 0.462 e. The summed E-state index contributed by atoms with van der Waals surface area (Å²) in [5.74, 6) is 0.422. The summed E-state index contributed by atoms with van der Waals surface area (Å²) in [4.78, 5) is 27.5. The lowest BCUT2D eigenvalue weighted by Crippen LogP contribution is -2.38. The van der Waals surface area contributed by atoms with Gasteiger partial charge in [-0.25, -0.2) is 14.8 Å². The molecule has 0 aliphatic carbocycles. The van der Waals surface area contributed by atoms with E-state index in [1.807, 2.05) is 34.6 Å². The van der Waals surface area contributed by atoms with Crippen molar-refractivity contribution in [1.82, 2.24) is 20.6 Å². The van der Waals surface area contributed by atoms with E-state index in [2.05, 4.69) is 25.6 Å². The third-order valence-electron chi connectivity index (χ3n) is 3.95. The summed E-state index contributed by atoms with van der Waals surface area (Å²) in [5.41, 5.74) is 1.79. The van der Waals surface area contributed by atoms with Crippen LogP contribution in [0.5, 0.6) is 0 Å². The molecule has 2 aromatic rings. The first-order chi connectivity index (χ1) is 13.3. The van der Waals surface area contributed by atoms with Crippen molar-refractivity contribution in [3.05, 3.63) is 31.2 Å². The van der Waals surface area contributed by atoms with E-state index in [4.69, 9.17) is 4.74 Å². The van der Waals surface area contributed by atoms with Crippen molar-refractivity contribution < 1.29 is 9.53 Å². The highest BCUT2D eigenvalue weighted by Crippen LogP contribution is 2.24. The van der Waals surface area contributed by atoms with E-state index < -0.39 is 0 Å². The molecule has 154 valence electrons. The molecule has 2 N–H and O–H groups in total. The molecule has 1 atom stereocenters. The van der Waals surface area contributed by atoms with Gasteiger partial charge in [0, 0.05) is 24.4 Å². The Morgan fingerprint density at radius 2 is 1.93 bits per heavy atom. The van der Waals surface area contributed by atoms with E-state index in [9.17, 15) is 4.79 Å². The van der Waals surface area contributed by atoms with Crippen LogP contribution in [0.3, 0.4) is 0 Å². The van der Waals surface area contributed by atoms with Crippen molar-refractivity contribution in [2.45, 2.75) is 54.0 Å². The number of esters is 1. The number of carbonyl (C=O) groups excluding carboxylic acids is 1. The second-order valence-electron chi connectivity index (χ2n) is 6.31. The van der Waals surface area contributed by atoms with Crippen LogP contribution in [0.15, 0.2) is 4.99 Å². The fraction of sp³-hybridized carbons (Fsp3) is 0.579. The Morgan fingerprint density at radius 3 is 2.54 bits per heavy atom. The van der Waals surface area contributed by atoms with Crippen molar-refractivity contribution in [1.29, 1.82) is 0 Å². The highest BCUT2D eigenvalue weighted by molar-refractivity contribution is 7.13. The molecule has 0 bridgehead atoms. The number of thiazole rings is 2. The van der Waals surface area contributed by atoms with E-state index in [1.54, 1.807) is 18.3 Å². The fourth-order valence-electron chi connectivity index (χ4n) is 2.65. The van der Waals surface area contributed by atoms with Gasteiger partial charge in [0.1, 0.15) is 9.88 Å². The summed E-state index contributed by atoms with van der Waals surface area (Å²) < 4.78 is 5.10. The van der Waals surface area contributed by atoms with Crippen LogP contribution in [0, 0.1) is 20.8 Å². The Morgan fingerprint density at radius 1 is 1.18 bits per heavy atom. The molecule has 2 aromatic heterocycles. The number of guanidine groups is 1. The van der Waals surface area contributed by atoms with Crippen LogP contribution in [0.25, 0.3) is 0 Å². The molecular formula is C19H29N5O2S2. The van der Waals surface area contributed by atoms with Gasteiger partial charge in [-0.3, -0.25) is 4.99 Å². The van der Waals surface area contributed by atoms with Crippen LogP contribution in [0.1, 0.15) is 62.8 Å². The summed E-state index contributed by atoms with van der Waals surface area (Å²) in [7, 11) is 0. The summed E-state index contributed by atoms with van der Waals surface area (Å²) in [6.45, 7) is 13.5. The van der Waals surface area contributed by atoms with Gasteiger partial charge in [0.25, 0.3) is 0 Å². The van der Waals surface area contributed by atoms with Crippen molar-refractivity contribution in [3.8, 4) is 0 Å². The van der Waals surface area contributed by atoms with Crippen LogP contribution in [0.2, 0.25) is 0 Å². The van der Waals surface area contributed by atoms with Gasteiger partial charge < -0.3 is 15.4 Å². The van der Waals surface area contributed by atoms with Crippen LogP contribution in [-0.2, 0) is 11.2 Å². The number of carbonyl (C=O) groups is 1. The minimum absolute atomic E-state index is 0.0722. The molecule has 2 heterocycles. The van der Waals surface area contributed by atoms with Gasteiger partial charge in [-0.15, -0.1) is 22.7 Å². The molecule has 0 spiro atoms. The highest BCUT2D eigenvalue weighted by atomic mass is 32.1. The lowest BCUT2D eigenvalue weighted by molar-refractivity contribution is 0.0531. The number of nitrogens with one attached hydrogen (secondary N) is 2. The van der Waals surface area contributed by atoms with Crippen molar-refractivity contribution in [2.75, 3.05) is 19.7 Å². The van der Waals surface area contributed by atoms with Gasteiger partial charge in [-0.05, 0) is 41.5 Å². The molecule has 0 aliphatic heterocycles. The molecule has 0 aromatic carbocycles. The predicted molar refractivity (Wildman–Crippen MR) is 116 cm³/mol. The van der Waals surface area contributed by atoms with E-state index in [1.165, 1.54) is 16.2 Å². The van der Waals surface area contributed by atoms with Crippen LogP contribution < -0.4 is 10.6 Å². The molecule has 0 saturated heterocycles. The van der Waals surface area contributed by atoms with Crippen LogP contribution in [-0.4, -0.2) is 41.6 Å². The standard InChI is InChI=1S/C19H29N5O2S2/c1-7-20-19(21-10-9-15-11(3)22-14(6)27-15)24-13(5)17-23-12(4)16(28-17)18(25)26-8-2/h13H,7-10H2,1-6H3,(H2,20,21,24). The second kappa shape index (κ2) is 10.5. The zero-order valence-electron chi connectivity index (χ0n) is 17.4. The summed E-state index contributed by atoms with van der Waals surface area (Å²) in [6, 6.07) is -0.0722. The first kappa shape index (κ1) is 22.3. The molecule has 1 unspecified atom stereocenters. The Labute approximate surface area is 174 Å². The van der Waals surface area contributed by atoms with Crippen LogP contribution >= 0.6 is 22.7 Å². The molecular weight excluding hydrogens is 394 g/mol. The van der Waals surface area contributed by atoms with E-state index in [0.717, 1.165) is 34.6 Å². The van der Waals surface area contributed by atoms with Gasteiger partial charge >= 0.3 is 5.97 Å². The Kier molecular flexibility index (Phi) is 8.37. The number of rotatable bonds is 8. The minimum atomic E-state index is -0.313. The van der Waals surface area contributed by atoms with E-state index >= 15 is 0 Å². The highest BCUT2D eigenvalue weighted by Gasteiger charge is 2.20. The third kappa shape index (κ3) is 6.00. The van der Waals surface area contributed by atoms with E-state index in [-0.39, 0.29) is 12.0 Å². The van der Waals surface area contributed by atoms with Gasteiger partial charge in [0.2, 0.25) is 0 Å². The maximum absolute atomic E-state index is 12.0. The topological polar surface area (TPSA) is 88.5 Å². The Bertz CT molecular complexity index is 828. The Hall–Kier alpha value is -2.00. The maximum Gasteiger partial charge on any atom is 0.350 e. The SMILES string of the molecule is CCNC(=NCCc1sc(C)nc1C)NC(C)c1nc(C)c(C(=O)OCC)s1. The molecule has 0 radical (unpaired) electrons. The monoisotopic (exact) mass is 423 g/mol. The number of aryl methyl sites for hydroxylation is 3. The maximum atomic E-state index is 12.0. The Balaban J connectivity index is 2.03. The summed E-state index contributed by atoms with van der Waals surface area (Å²) in [5, 5.41) is 8.56. The van der Waals surface area contributed by atoms with Gasteiger partial charge in [0.05, 0.1) is 29.0 Å². The number of hydrogen-bond acceptors (Lipinski definition) is 7.